The van der Waals surface area contributed by atoms with E-state index in [9.17, 15) is 14.7 Å². The van der Waals surface area contributed by atoms with Gasteiger partial charge < -0.3 is 10.4 Å². The Hall–Kier alpha value is -0.580. The molecule has 0 bridgehead atoms. The smallest absolute Gasteiger partial charge is 0.329 e. The fourth-order valence-electron chi connectivity index (χ4n) is 1.98. The Balaban J connectivity index is 2.70. The van der Waals surface area contributed by atoms with E-state index in [2.05, 4.69) is 21.2 Å². The van der Waals surface area contributed by atoms with Crippen molar-refractivity contribution in [3.63, 3.8) is 0 Å². The normalized spacial score (nSPS) is 20.8. The molecular weight excluding hydrogens is 274 g/mol. The lowest BCUT2D eigenvalue weighted by Crippen LogP contribution is -2.54. The van der Waals surface area contributed by atoms with E-state index in [1.54, 1.807) is 0 Å². The first-order chi connectivity index (χ1) is 7.39. The lowest BCUT2D eigenvalue weighted by atomic mass is 9.97. The van der Waals surface area contributed by atoms with Crippen LogP contribution in [-0.2, 0) is 9.59 Å². The second-order valence-electron chi connectivity index (χ2n) is 4.73. The number of hydrogen-bond acceptors (Lipinski definition) is 2. The summed E-state index contributed by atoms with van der Waals surface area (Å²) in [6, 6.07) is 0. The average Bonchev–Trinajstić information content (AvgIpc) is 2.66. The maximum absolute atomic E-state index is 11.8. The Bertz CT molecular complexity index is 285. The zero-order valence-electron chi connectivity index (χ0n) is 9.62. The van der Waals surface area contributed by atoms with E-state index in [1.165, 1.54) is 0 Å². The van der Waals surface area contributed by atoms with E-state index >= 15 is 0 Å². The van der Waals surface area contributed by atoms with Gasteiger partial charge in [0.2, 0.25) is 5.91 Å². The number of alkyl halides is 1. The van der Waals surface area contributed by atoms with Crippen molar-refractivity contribution in [2.75, 3.05) is 0 Å². The molecule has 16 heavy (non-hydrogen) atoms. The summed E-state index contributed by atoms with van der Waals surface area (Å²) in [5.41, 5.74) is -1.03. The molecule has 1 aliphatic rings. The Morgan fingerprint density at radius 1 is 1.31 bits per heavy atom. The average molecular weight is 292 g/mol. The Morgan fingerprint density at radius 3 is 2.19 bits per heavy atom. The topological polar surface area (TPSA) is 66.4 Å². The number of carbonyl (C=O) groups excluding carboxylic acids is 1. The van der Waals surface area contributed by atoms with Crippen LogP contribution in [0.5, 0.6) is 0 Å². The minimum atomic E-state index is -1.03. The van der Waals surface area contributed by atoms with E-state index in [0.29, 0.717) is 12.8 Å². The van der Waals surface area contributed by atoms with Crippen molar-refractivity contribution in [2.45, 2.75) is 49.9 Å². The third-order valence-corrected chi connectivity index (χ3v) is 4.54. The first-order valence-corrected chi connectivity index (χ1v) is 6.50. The molecule has 1 atom stereocenters. The van der Waals surface area contributed by atoms with Gasteiger partial charge in [-0.25, -0.2) is 4.79 Å². The molecule has 0 aromatic rings. The van der Waals surface area contributed by atoms with Crippen molar-refractivity contribution in [3.05, 3.63) is 0 Å². The maximum Gasteiger partial charge on any atom is 0.329 e. The highest BCUT2D eigenvalue weighted by Gasteiger charge is 2.43. The second-order valence-corrected chi connectivity index (χ2v) is 5.72. The highest BCUT2D eigenvalue weighted by atomic mass is 79.9. The van der Waals surface area contributed by atoms with E-state index in [4.69, 9.17) is 0 Å². The largest absolute Gasteiger partial charge is 0.480 e. The number of amides is 1. The van der Waals surface area contributed by atoms with Crippen LogP contribution in [0.1, 0.15) is 39.5 Å². The third-order valence-electron chi connectivity index (χ3n) is 3.06. The molecule has 0 aromatic carbocycles. The number of carboxylic acid groups (broad SMARTS) is 1. The van der Waals surface area contributed by atoms with Gasteiger partial charge in [-0.2, -0.15) is 0 Å². The number of hydrogen-bond donors (Lipinski definition) is 2. The summed E-state index contributed by atoms with van der Waals surface area (Å²) in [7, 11) is 0. The number of nitrogens with one attached hydrogen (secondary N) is 1. The Labute approximate surface area is 104 Å². The molecule has 4 nitrogen and oxygen atoms in total. The molecule has 0 unspecified atom stereocenters. The minimum absolute atomic E-state index is 0.146. The third kappa shape index (κ3) is 2.75. The lowest BCUT2D eigenvalue weighted by molar-refractivity contribution is -0.147. The number of carboxylic acids is 1. The van der Waals surface area contributed by atoms with Gasteiger partial charge in [0.1, 0.15) is 5.54 Å². The number of carbonyl (C=O) groups is 2. The number of halogens is 1. The highest BCUT2D eigenvalue weighted by molar-refractivity contribution is 9.10. The SMILES string of the molecule is CC(C)[C@H](Br)C(=O)NC1(C(=O)O)CCCC1. The van der Waals surface area contributed by atoms with E-state index in [0.717, 1.165) is 12.8 Å². The van der Waals surface area contributed by atoms with Crippen molar-refractivity contribution in [3.8, 4) is 0 Å². The Kier molecular flexibility index (Phi) is 4.35. The number of rotatable bonds is 4. The van der Waals surface area contributed by atoms with Crippen LogP contribution in [0.25, 0.3) is 0 Å². The summed E-state index contributed by atoms with van der Waals surface area (Å²) in [4.78, 5) is 22.7. The van der Waals surface area contributed by atoms with Crippen LogP contribution in [0.2, 0.25) is 0 Å². The van der Waals surface area contributed by atoms with Gasteiger partial charge in [0.25, 0.3) is 0 Å². The molecule has 0 heterocycles. The van der Waals surface area contributed by atoms with Gasteiger partial charge in [-0.1, -0.05) is 42.6 Å². The molecule has 1 saturated carbocycles. The van der Waals surface area contributed by atoms with Crippen LogP contribution in [0.15, 0.2) is 0 Å². The van der Waals surface area contributed by atoms with Crippen LogP contribution in [0.3, 0.4) is 0 Å². The van der Waals surface area contributed by atoms with Crippen molar-refractivity contribution in [1.82, 2.24) is 5.32 Å². The van der Waals surface area contributed by atoms with Crippen molar-refractivity contribution in [2.24, 2.45) is 5.92 Å². The van der Waals surface area contributed by atoms with Gasteiger partial charge in [-0.15, -0.1) is 0 Å². The predicted octanol–water partition coefficient (Wildman–Crippen LogP) is 1.92. The molecule has 0 aromatic heterocycles. The van der Waals surface area contributed by atoms with Gasteiger partial charge in [0.15, 0.2) is 0 Å². The summed E-state index contributed by atoms with van der Waals surface area (Å²) in [6.07, 6.45) is 2.79. The maximum atomic E-state index is 11.8. The summed E-state index contributed by atoms with van der Waals surface area (Å²) in [6.45, 7) is 3.84. The summed E-state index contributed by atoms with van der Waals surface area (Å²) < 4.78 is 0. The number of aliphatic carboxylic acids is 1. The fourth-order valence-corrected chi connectivity index (χ4v) is 2.09. The van der Waals surface area contributed by atoms with Crippen LogP contribution >= 0.6 is 15.9 Å². The predicted molar refractivity (Wildman–Crippen MR) is 64.5 cm³/mol. The quantitative estimate of drug-likeness (QED) is 0.778. The lowest BCUT2D eigenvalue weighted by Gasteiger charge is -2.27. The summed E-state index contributed by atoms with van der Waals surface area (Å²) in [5, 5.41) is 11.9. The fraction of sp³-hybridized carbons (Fsp3) is 0.818. The second kappa shape index (κ2) is 5.17. The first-order valence-electron chi connectivity index (χ1n) is 5.58. The molecule has 1 amide bonds. The Morgan fingerprint density at radius 2 is 1.81 bits per heavy atom. The van der Waals surface area contributed by atoms with Gasteiger partial charge in [0.05, 0.1) is 4.83 Å². The van der Waals surface area contributed by atoms with Gasteiger partial charge in [-0.05, 0) is 18.8 Å². The van der Waals surface area contributed by atoms with Gasteiger partial charge in [0, 0.05) is 0 Å². The van der Waals surface area contributed by atoms with Crippen LogP contribution in [0, 0.1) is 5.92 Å². The van der Waals surface area contributed by atoms with Crippen molar-refractivity contribution < 1.29 is 14.7 Å². The zero-order valence-corrected chi connectivity index (χ0v) is 11.2. The van der Waals surface area contributed by atoms with E-state index in [1.807, 2.05) is 13.8 Å². The molecule has 0 radical (unpaired) electrons. The van der Waals surface area contributed by atoms with Crippen LogP contribution < -0.4 is 5.32 Å². The molecule has 0 aliphatic heterocycles. The zero-order chi connectivity index (χ0) is 12.3. The molecule has 1 rings (SSSR count). The van der Waals surface area contributed by atoms with E-state index < -0.39 is 11.5 Å². The standard InChI is InChI=1S/C11H18BrNO3/c1-7(2)8(12)9(14)13-11(10(15)16)5-3-4-6-11/h7-8H,3-6H2,1-2H3,(H,13,14)(H,15,16)/t8-/m0/s1. The molecular formula is C11H18BrNO3. The molecule has 0 spiro atoms. The first kappa shape index (κ1) is 13.5. The van der Waals surface area contributed by atoms with E-state index in [-0.39, 0.29) is 16.7 Å². The molecule has 1 fully saturated rings. The molecule has 5 heteroatoms. The van der Waals surface area contributed by atoms with Crippen molar-refractivity contribution >= 4 is 27.8 Å². The van der Waals surface area contributed by atoms with Gasteiger partial charge in [-0.3, -0.25) is 4.79 Å². The molecule has 92 valence electrons. The summed E-state index contributed by atoms with van der Waals surface area (Å²) in [5.74, 6) is -0.992. The molecule has 2 N–H and O–H groups in total. The van der Waals surface area contributed by atoms with Crippen molar-refractivity contribution in [1.29, 1.82) is 0 Å². The molecule has 0 saturated heterocycles. The van der Waals surface area contributed by atoms with Crippen LogP contribution in [0.4, 0.5) is 0 Å². The van der Waals surface area contributed by atoms with Crippen LogP contribution in [-0.4, -0.2) is 27.3 Å². The molecule has 1 aliphatic carbocycles. The summed E-state index contributed by atoms with van der Waals surface area (Å²) >= 11 is 3.28. The highest BCUT2D eigenvalue weighted by Crippen LogP contribution is 2.30. The monoisotopic (exact) mass is 291 g/mol. The van der Waals surface area contributed by atoms with Gasteiger partial charge >= 0.3 is 5.97 Å². The minimum Gasteiger partial charge on any atom is -0.480 e.